The van der Waals surface area contributed by atoms with E-state index in [0.717, 1.165) is 6.07 Å². The molecule has 1 aliphatic rings. The number of carbonyl (C=O) groups excluding carboxylic acids is 1. The molecule has 0 bridgehead atoms. The quantitative estimate of drug-likeness (QED) is 0.708. The Balaban J connectivity index is 1.56. The van der Waals surface area contributed by atoms with Gasteiger partial charge in [0.05, 0.1) is 0 Å². The molecule has 2 aromatic heterocycles. The van der Waals surface area contributed by atoms with Gasteiger partial charge in [-0.2, -0.15) is 13.2 Å². The Morgan fingerprint density at radius 1 is 1.07 bits per heavy atom. The molecule has 1 atom stereocenters. The molecule has 154 valence electrons. The van der Waals surface area contributed by atoms with E-state index in [-0.39, 0.29) is 23.6 Å². The number of anilines is 1. The number of alkyl halides is 3. The van der Waals surface area contributed by atoms with Crippen molar-refractivity contribution in [3.8, 4) is 11.4 Å². The molecule has 9 heteroatoms. The van der Waals surface area contributed by atoms with Gasteiger partial charge in [0.15, 0.2) is 11.5 Å². The summed E-state index contributed by atoms with van der Waals surface area (Å²) in [5.41, 5.74) is -0.0149. The summed E-state index contributed by atoms with van der Waals surface area (Å²) in [5, 5.41) is 2.93. The maximum Gasteiger partial charge on any atom is 0.433 e. The number of rotatable bonds is 4. The van der Waals surface area contributed by atoms with Gasteiger partial charge in [0.25, 0.3) is 5.91 Å². The van der Waals surface area contributed by atoms with E-state index in [1.165, 1.54) is 12.4 Å². The summed E-state index contributed by atoms with van der Waals surface area (Å²) in [6.07, 6.45) is -1.04. The molecule has 4 rings (SSSR count). The first kappa shape index (κ1) is 19.8. The summed E-state index contributed by atoms with van der Waals surface area (Å²) in [7, 11) is 0. The lowest BCUT2D eigenvalue weighted by Gasteiger charge is -2.20. The second-order valence-electron chi connectivity index (χ2n) is 6.94. The molecule has 0 aliphatic carbocycles. The van der Waals surface area contributed by atoms with E-state index in [2.05, 4.69) is 20.3 Å². The number of halogens is 3. The number of amides is 1. The fraction of sp³-hybridized carbons (Fsp3) is 0.238. The summed E-state index contributed by atoms with van der Waals surface area (Å²) in [6.45, 7) is 0.840. The van der Waals surface area contributed by atoms with Gasteiger partial charge in [-0.25, -0.2) is 9.97 Å². The van der Waals surface area contributed by atoms with Gasteiger partial charge < -0.3 is 10.2 Å². The molecule has 3 aromatic rings. The maximum atomic E-state index is 13.4. The van der Waals surface area contributed by atoms with Crippen molar-refractivity contribution in [2.75, 3.05) is 18.0 Å². The van der Waals surface area contributed by atoms with Crippen LogP contribution in [0, 0.1) is 0 Å². The van der Waals surface area contributed by atoms with Gasteiger partial charge in [-0.05, 0) is 30.7 Å². The van der Waals surface area contributed by atoms with Crippen LogP contribution in [0.3, 0.4) is 0 Å². The fourth-order valence-corrected chi connectivity index (χ4v) is 3.32. The van der Waals surface area contributed by atoms with Crippen molar-refractivity contribution in [1.82, 2.24) is 20.3 Å². The van der Waals surface area contributed by atoms with Crippen molar-refractivity contribution in [1.29, 1.82) is 0 Å². The number of carbonyl (C=O) groups is 1. The van der Waals surface area contributed by atoms with E-state index < -0.39 is 11.9 Å². The lowest BCUT2D eigenvalue weighted by Crippen LogP contribution is -2.37. The number of aromatic nitrogens is 3. The Kier molecular flexibility index (Phi) is 5.35. The molecule has 1 unspecified atom stereocenters. The minimum Gasteiger partial charge on any atom is -0.354 e. The van der Waals surface area contributed by atoms with Crippen LogP contribution in [-0.2, 0) is 6.18 Å². The zero-order valence-corrected chi connectivity index (χ0v) is 15.8. The Bertz CT molecular complexity index is 1030. The molecule has 1 saturated heterocycles. The van der Waals surface area contributed by atoms with Crippen LogP contribution in [-0.4, -0.2) is 40.0 Å². The fourth-order valence-electron chi connectivity index (χ4n) is 3.32. The molecular formula is C21H18F3N5O. The average molecular weight is 413 g/mol. The summed E-state index contributed by atoms with van der Waals surface area (Å²) in [6, 6.07) is 12.7. The van der Waals surface area contributed by atoms with Crippen molar-refractivity contribution in [2.45, 2.75) is 18.6 Å². The second kappa shape index (κ2) is 8.10. The molecular weight excluding hydrogens is 395 g/mol. The van der Waals surface area contributed by atoms with E-state index in [0.29, 0.717) is 30.6 Å². The number of nitrogens with zero attached hydrogens (tertiary/aromatic N) is 4. The number of pyridine rings is 1. The highest BCUT2D eigenvalue weighted by atomic mass is 19.4. The van der Waals surface area contributed by atoms with Gasteiger partial charge in [0.2, 0.25) is 0 Å². The summed E-state index contributed by atoms with van der Waals surface area (Å²) in [4.78, 5) is 26.0. The smallest absolute Gasteiger partial charge is 0.354 e. The average Bonchev–Trinajstić information content (AvgIpc) is 3.22. The lowest BCUT2D eigenvalue weighted by molar-refractivity contribution is -0.141. The van der Waals surface area contributed by atoms with Crippen LogP contribution in [0.25, 0.3) is 11.4 Å². The minimum atomic E-state index is -4.60. The monoisotopic (exact) mass is 413 g/mol. The van der Waals surface area contributed by atoms with E-state index in [1.807, 2.05) is 6.07 Å². The van der Waals surface area contributed by atoms with E-state index in [9.17, 15) is 18.0 Å². The van der Waals surface area contributed by atoms with Gasteiger partial charge in [-0.1, -0.05) is 18.2 Å². The van der Waals surface area contributed by atoms with Crippen molar-refractivity contribution in [2.24, 2.45) is 0 Å². The third-order valence-corrected chi connectivity index (χ3v) is 4.83. The first-order valence-corrected chi connectivity index (χ1v) is 9.38. The Labute approximate surface area is 170 Å². The minimum absolute atomic E-state index is 0.0148. The van der Waals surface area contributed by atoms with Crippen LogP contribution in [0.1, 0.15) is 22.5 Å². The molecule has 1 amide bonds. The maximum absolute atomic E-state index is 13.4. The van der Waals surface area contributed by atoms with Crippen LogP contribution in [0.2, 0.25) is 0 Å². The van der Waals surface area contributed by atoms with Crippen LogP contribution < -0.4 is 10.2 Å². The summed E-state index contributed by atoms with van der Waals surface area (Å²) < 4.78 is 40.2. The molecule has 1 aromatic carbocycles. The van der Waals surface area contributed by atoms with E-state index in [4.69, 9.17) is 0 Å². The predicted octanol–water partition coefficient (Wildman–Crippen LogP) is 3.57. The summed E-state index contributed by atoms with van der Waals surface area (Å²) in [5.74, 6) is -0.0433. The highest BCUT2D eigenvalue weighted by Gasteiger charge is 2.35. The molecule has 30 heavy (non-hydrogen) atoms. The standard InChI is InChI=1S/C21H18F3N5O/c22-21(23,24)17-12-18(28-19(27-17)14-6-9-25-10-7-14)29-11-8-16(13-29)26-20(30)15-4-2-1-3-5-15/h1-7,9-10,12,16H,8,11,13H2,(H,26,30). The van der Waals surface area contributed by atoms with Crippen LogP contribution >= 0.6 is 0 Å². The Morgan fingerprint density at radius 2 is 1.80 bits per heavy atom. The van der Waals surface area contributed by atoms with Crippen molar-refractivity contribution in [3.05, 3.63) is 72.2 Å². The zero-order valence-electron chi connectivity index (χ0n) is 15.8. The van der Waals surface area contributed by atoms with Crippen LogP contribution in [0.15, 0.2) is 60.9 Å². The van der Waals surface area contributed by atoms with Crippen molar-refractivity contribution in [3.63, 3.8) is 0 Å². The first-order chi connectivity index (χ1) is 14.4. The topological polar surface area (TPSA) is 71.0 Å². The second-order valence-corrected chi connectivity index (χ2v) is 6.94. The first-order valence-electron chi connectivity index (χ1n) is 9.38. The van der Waals surface area contributed by atoms with Crippen molar-refractivity contribution < 1.29 is 18.0 Å². The number of nitrogens with one attached hydrogen (secondary N) is 1. The SMILES string of the molecule is O=C(NC1CCN(c2cc(C(F)(F)F)nc(-c3ccncc3)n2)C1)c1ccccc1. The van der Waals surface area contributed by atoms with Gasteiger partial charge in [0, 0.05) is 48.7 Å². The normalized spacial score (nSPS) is 16.5. The molecule has 1 fully saturated rings. The van der Waals surface area contributed by atoms with Crippen LogP contribution in [0.5, 0.6) is 0 Å². The zero-order chi connectivity index (χ0) is 21.1. The summed E-state index contributed by atoms with van der Waals surface area (Å²) >= 11 is 0. The molecule has 0 spiro atoms. The Hall–Kier alpha value is -3.49. The Morgan fingerprint density at radius 3 is 2.50 bits per heavy atom. The molecule has 3 heterocycles. The molecule has 6 nitrogen and oxygen atoms in total. The van der Waals surface area contributed by atoms with Gasteiger partial charge in [0.1, 0.15) is 5.82 Å². The molecule has 1 aliphatic heterocycles. The van der Waals surface area contributed by atoms with Crippen LogP contribution in [0.4, 0.5) is 19.0 Å². The van der Waals surface area contributed by atoms with Gasteiger partial charge >= 0.3 is 6.18 Å². The van der Waals surface area contributed by atoms with E-state index in [1.54, 1.807) is 41.3 Å². The molecule has 0 saturated carbocycles. The molecule has 1 N–H and O–H groups in total. The lowest BCUT2D eigenvalue weighted by atomic mass is 10.2. The highest BCUT2D eigenvalue weighted by Crippen LogP contribution is 2.32. The number of benzene rings is 1. The third-order valence-electron chi connectivity index (χ3n) is 4.83. The molecule has 0 radical (unpaired) electrons. The van der Waals surface area contributed by atoms with Gasteiger partial charge in [-0.15, -0.1) is 0 Å². The highest BCUT2D eigenvalue weighted by molar-refractivity contribution is 5.94. The number of hydrogen-bond donors (Lipinski definition) is 1. The predicted molar refractivity (Wildman–Crippen MR) is 105 cm³/mol. The van der Waals surface area contributed by atoms with E-state index >= 15 is 0 Å². The van der Waals surface area contributed by atoms with Crippen molar-refractivity contribution >= 4 is 11.7 Å². The van der Waals surface area contributed by atoms with Gasteiger partial charge in [-0.3, -0.25) is 9.78 Å². The third kappa shape index (κ3) is 4.40. The largest absolute Gasteiger partial charge is 0.433 e. The number of hydrogen-bond acceptors (Lipinski definition) is 5.